The summed E-state index contributed by atoms with van der Waals surface area (Å²) in [5.41, 5.74) is 2.00. The van der Waals surface area contributed by atoms with Gasteiger partial charge < -0.3 is 35.0 Å². The lowest BCUT2D eigenvalue weighted by atomic mass is 9.76. The summed E-state index contributed by atoms with van der Waals surface area (Å²) >= 11 is 1.59. The van der Waals surface area contributed by atoms with Gasteiger partial charge in [0.05, 0.1) is 50.7 Å². The number of unbranched alkanes of at least 4 members (excludes halogenated alkanes) is 6. The number of benzene rings is 2. The third-order valence-corrected chi connectivity index (χ3v) is 18.2. The second kappa shape index (κ2) is 28.1. The van der Waals surface area contributed by atoms with Gasteiger partial charge in [0.25, 0.3) is 5.91 Å². The van der Waals surface area contributed by atoms with Crippen LogP contribution in [0.4, 0.5) is 34.8 Å². The number of carbonyl (C=O) groups excluding carboxylic acids is 5. The van der Waals surface area contributed by atoms with Crippen LogP contribution in [0.25, 0.3) is 21.6 Å². The van der Waals surface area contributed by atoms with Crippen molar-refractivity contribution >= 4 is 57.8 Å². The van der Waals surface area contributed by atoms with Gasteiger partial charge in [-0.3, -0.25) is 33.7 Å². The number of aryl methyl sites for hydroxylation is 2. The number of aliphatic hydroxyl groups excluding tert-OH is 1. The van der Waals surface area contributed by atoms with Crippen LogP contribution in [-0.4, -0.2) is 141 Å². The molecule has 5 atom stereocenters. The molecule has 0 radical (unpaired) electrons. The minimum Gasteiger partial charge on any atom is -0.391 e. The van der Waals surface area contributed by atoms with Crippen molar-refractivity contribution in [2.45, 2.75) is 155 Å². The van der Waals surface area contributed by atoms with Crippen LogP contribution < -0.4 is 20.7 Å². The highest BCUT2D eigenvalue weighted by atomic mass is 32.1. The van der Waals surface area contributed by atoms with E-state index in [4.69, 9.17) is 0 Å². The van der Waals surface area contributed by atoms with Gasteiger partial charge >= 0.3 is 6.18 Å². The Morgan fingerprint density at radius 3 is 2.07 bits per heavy atom. The molecule has 85 heavy (non-hydrogen) atoms. The zero-order valence-corrected chi connectivity index (χ0v) is 50.7. The van der Waals surface area contributed by atoms with Crippen LogP contribution in [0.15, 0.2) is 77.3 Å². The lowest BCUT2D eigenvalue weighted by Gasteiger charge is -2.44. The van der Waals surface area contributed by atoms with Crippen LogP contribution >= 0.6 is 11.3 Å². The standard InChI is InChI=1S/C64H81F4N9O7S/c1-40-36-76(37-41(2)73(40)7)54-33-52(65)48(31-53(54)72-61(83)49-35-70-58(81)32-50(49)64(66,67)68)45-22-24-57(69-34-45)74-25-27-75(28-26-74)59(82)16-14-12-10-8-9-11-13-15-46(78)29-51(63(4,5)6)62(84)77-38-47(79)30-55(77)56(80)23-19-43-17-20-44(21-18-43)60-42(3)71-39-85-60/h17-18,20-22,24,31-35,39-41,47,51,55,79H,8-16,19,23,25-30,36-38H2,1-7H3,(H,70,81)(H,72,83)/t40-,41+,47-,51-,55+/m1/s1. The number of likely N-dealkylation sites (tertiary alicyclic amines) is 1. The lowest BCUT2D eigenvalue weighted by Crippen LogP contribution is -2.55. The van der Waals surface area contributed by atoms with Crippen LogP contribution in [-0.2, 0) is 31.8 Å². The van der Waals surface area contributed by atoms with Crippen molar-refractivity contribution in [1.82, 2.24) is 29.7 Å². The molecule has 21 heteroatoms. The van der Waals surface area contributed by atoms with Gasteiger partial charge in [0, 0.05) is 126 Å². The molecule has 2 aromatic carbocycles. The van der Waals surface area contributed by atoms with Gasteiger partial charge in [-0.25, -0.2) is 14.4 Å². The van der Waals surface area contributed by atoms with Crippen molar-refractivity contribution in [2.24, 2.45) is 11.3 Å². The van der Waals surface area contributed by atoms with E-state index in [9.17, 15) is 47.0 Å². The number of nitrogens with one attached hydrogen (secondary N) is 2. The monoisotopic (exact) mass is 1200 g/mol. The van der Waals surface area contributed by atoms with Crippen LogP contribution in [0.1, 0.15) is 139 Å². The number of piperazine rings is 2. The molecule has 5 aromatic rings. The number of β-amino-alcohol motifs (C(OH)–C–C–N with tert-alkyl or cyclic N) is 1. The molecule has 3 fully saturated rings. The SMILES string of the molecule is Cc1ncsc1-c1ccc(CCC(=O)[C@@H]2C[C@@H](O)CN2C(=O)[C@@H](CC(=O)CCCCCCCCCC(=O)N2CCN(c3ccc(-c4cc(NC(=O)c5c[nH]c(=O)cc5C(F)(F)F)c(N5C[C@@H](C)N(C)[C@@H](C)C5)cc4F)cn3)CC2)C(C)(C)C)cc1. The van der Waals surface area contributed by atoms with Gasteiger partial charge in [0.1, 0.15) is 17.4 Å². The number of amides is 3. The first-order valence-electron chi connectivity index (χ1n) is 29.8. The van der Waals surface area contributed by atoms with Gasteiger partial charge in [-0.2, -0.15) is 13.2 Å². The molecule has 0 aliphatic carbocycles. The second-order valence-corrected chi connectivity index (χ2v) is 25.3. The Hall–Kier alpha value is -6.84. The summed E-state index contributed by atoms with van der Waals surface area (Å²) in [4.78, 5) is 102. The molecule has 0 spiro atoms. The zero-order valence-electron chi connectivity index (χ0n) is 49.9. The van der Waals surface area contributed by atoms with Crippen molar-refractivity contribution in [2.75, 3.05) is 68.0 Å². The van der Waals surface area contributed by atoms with E-state index in [1.165, 1.54) is 23.2 Å². The first kappa shape index (κ1) is 64.2. The summed E-state index contributed by atoms with van der Waals surface area (Å²) in [6, 6.07) is 13.9. The topological polar surface area (TPSA) is 192 Å². The Morgan fingerprint density at radius 2 is 1.46 bits per heavy atom. The normalized spacial score (nSPS) is 19.1. The van der Waals surface area contributed by atoms with E-state index in [0.29, 0.717) is 88.1 Å². The number of alkyl halides is 3. The number of aliphatic hydroxyl groups is 1. The highest BCUT2D eigenvalue weighted by Gasteiger charge is 2.44. The van der Waals surface area contributed by atoms with Crippen molar-refractivity contribution in [3.05, 3.63) is 111 Å². The molecule has 3 amide bonds. The maximum absolute atomic E-state index is 16.2. The van der Waals surface area contributed by atoms with Gasteiger partial charge in [0.2, 0.25) is 17.4 Å². The van der Waals surface area contributed by atoms with Gasteiger partial charge in [-0.05, 0) is 87.9 Å². The summed E-state index contributed by atoms with van der Waals surface area (Å²) in [5.74, 6) is -1.96. The number of thiazole rings is 1. The number of Topliss-reactive ketones (excluding diaryl/α,β-unsaturated/α-hetero) is 2. The van der Waals surface area contributed by atoms with Crippen LogP contribution in [0.3, 0.4) is 0 Å². The van der Waals surface area contributed by atoms with Crippen molar-refractivity contribution in [1.29, 1.82) is 0 Å². The minimum absolute atomic E-state index is 0.0195. The van der Waals surface area contributed by atoms with Crippen LogP contribution in [0.5, 0.6) is 0 Å². The van der Waals surface area contributed by atoms with E-state index in [0.717, 1.165) is 66.4 Å². The predicted molar refractivity (Wildman–Crippen MR) is 323 cm³/mol. The summed E-state index contributed by atoms with van der Waals surface area (Å²) in [7, 11) is 1.98. The predicted octanol–water partition coefficient (Wildman–Crippen LogP) is 10.8. The van der Waals surface area contributed by atoms with Crippen LogP contribution in [0.2, 0.25) is 0 Å². The number of hydrogen-bond acceptors (Lipinski definition) is 13. The van der Waals surface area contributed by atoms with E-state index in [1.54, 1.807) is 23.5 Å². The van der Waals surface area contributed by atoms with E-state index in [2.05, 4.69) is 25.2 Å². The number of anilines is 3. The fraction of sp³-hybridized carbons (Fsp3) is 0.531. The number of ketones is 2. The molecule has 3 aliphatic heterocycles. The second-order valence-electron chi connectivity index (χ2n) is 24.4. The Labute approximate surface area is 499 Å². The third-order valence-electron chi connectivity index (χ3n) is 17.2. The minimum atomic E-state index is -4.99. The molecule has 458 valence electrons. The number of pyridine rings is 2. The molecule has 0 unspecified atom stereocenters. The zero-order chi connectivity index (χ0) is 61.3. The first-order chi connectivity index (χ1) is 40.4. The Bertz CT molecular complexity index is 3200. The van der Waals surface area contributed by atoms with Gasteiger partial charge in [-0.15, -0.1) is 11.3 Å². The molecule has 6 heterocycles. The van der Waals surface area contributed by atoms with E-state index in [1.807, 2.05) is 93.1 Å². The summed E-state index contributed by atoms with van der Waals surface area (Å²) < 4.78 is 58.2. The highest BCUT2D eigenvalue weighted by molar-refractivity contribution is 7.13. The van der Waals surface area contributed by atoms with Crippen molar-refractivity contribution in [3.63, 3.8) is 0 Å². The first-order valence-corrected chi connectivity index (χ1v) is 30.7. The molecular formula is C64H81F4N9O7S. The fourth-order valence-electron chi connectivity index (χ4n) is 11.9. The van der Waals surface area contributed by atoms with E-state index < -0.39 is 58.1 Å². The van der Waals surface area contributed by atoms with E-state index >= 15 is 4.39 Å². The number of aromatic amines is 1. The molecule has 16 nitrogen and oxygen atoms in total. The number of hydrogen-bond donors (Lipinski definition) is 3. The van der Waals surface area contributed by atoms with Crippen molar-refractivity contribution < 1.29 is 46.6 Å². The largest absolute Gasteiger partial charge is 0.417 e. The molecule has 0 saturated carbocycles. The van der Waals surface area contributed by atoms with Crippen molar-refractivity contribution in [3.8, 4) is 21.6 Å². The summed E-state index contributed by atoms with van der Waals surface area (Å²) in [6.45, 7) is 14.9. The van der Waals surface area contributed by atoms with E-state index in [-0.39, 0.29) is 72.5 Å². The highest BCUT2D eigenvalue weighted by Crippen LogP contribution is 2.39. The Morgan fingerprint density at radius 1 is 0.812 bits per heavy atom. The lowest BCUT2D eigenvalue weighted by molar-refractivity contribution is -0.146. The van der Waals surface area contributed by atoms with Gasteiger partial charge in [-0.1, -0.05) is 77.1 Å². The Kier molecular flexibility index (Phi) is 21.2. The molecule has 3 saturated heterocycles. The molecule has 3 aliphatic rings. The fourth-order valence-corrected chi connectivity index (χ4v) is 12.7. The average molecular weight is 1200 g/mol. The smallest absolute Gasteiger partial charge is 0.391 e. The maximum Gasteiger partial charge on any atom is 0.417 e. The number of nitrogens with zero attached hydrogens (tertiary/aromatic N) is 7. The number of halogens is 4. The van der Waals surface area contributed by atoms with Crippen LogP contribution in [0, 0.1) is 24.1 Å². The number of likely N-dealkylation sites (N-methyl/N-ethyl adjacent to an activating group) is 1. The molecule has 3 N–H and O–H groups in total. The number of H-pyrrole nitrogens is 1. The maximum atomic E-state index is 16.2. The molecule has 8 rings (SSSR count). The molecular weight excluding hydrogens is 1110 g/mol. The summed E-state index contributed by atoms with van der Waals surface area (Å²) in [6.07, 6.45) is 4.46. The summed E-state index contributed by atoms with van der Waals surface area (Å²) in [5, 5.41) is 13.3. The number of rotatable bonds is 23. The number of aromatic nitrogens is 3. The number of carbonyl (C=O) groups is 5. The quantitative estimate of drug-likeness (QED) is 0.0415. The molecule has 0 bridgehead atoms. The Balaban J connectivity index is 0.745. The van der Waals surface area contributed by atoms with Gasteiger partial charge in [0.15, 0.2) is 5.78 Å². The third kappa shape index (κ3) is 16.4. The average Bonchev–Trinajstić information content (AvgIpc) is 1.97. The molecule has 3 aromatic heterocycles.